The van der Waals surface area contributed by atoms with E-state index in [2.05, 4.69) is 6.07 Å². The molecule has 118 valence electrons. The van der Waals surface area contributed by atoms with E-state index < -0.39 is 10.0 Å². The molecule has 2 rings (SSSR count). The van der Waals surface area contributed by atoms with Gasteiger partial charge in [-0.25, -0.2) is 8.42 Å². The molecule has 0 aromatic heterocycles. The molecule has 0 saturated heterocycles. The van der Waals surface area contributed by atoms with Gasteiger partial charge < -0.3 is 0 Å². The highest BCUT2D eigenvalue weighted by Crippen LogP contribution is 2.19. The molecular weight excluding hydrogens is 312 g/mol. The maximum absolute atomic E-state index is 12.6. The van der Waals surface area contributed by atoms with Gasteiger partial charge >= 0.3 is 0 Å². The van der Waals surface area contributed by atoms with Crippen molar-refractivity contribution in [2.75, 3.05) is 7.05 Å². The molecule has 0 saturated carbocycles. The second-order valence-electron chi connectivity index (χ2n) is 5.11. The van der Waals surface area contributed by atoms with Crippen LogP contribution >= 0.6 is 0 Å². The molecule has 0 spiro atoms. The monoisotopic (exact) mass is 328 g/mol. The van der Waals surface area contributed by atoms with Crippen LogP contribution < -0.4 is 0 Å². The highest BCUT2D eigenvalue weighted by molar-refractivity contribution is 7.89. The Balaban J connectivity index is 2.28. The van der Waals surface area contributed by atoms with Crippen molar-refractivity contribution in [3.8, 4) is 6.07 Å². The number of Topliss-reactive ketones (excluding diaryl/α,β-unsaturated/α-hetero) is 1. The second-order valence-corrected chi connectivity index (χ2v) is 7.16. The molecule has 23 heavy (non-hydrogen) atoms. The van der Waals surface area contributed by atoms with E-state index in [-0.39, 0.29) is 17.2 Å². The van der Waals surface area contributed by atoms with Crippen molar-refractivity contribution in [1.29, 1.82) is 5.26 Å². The molecule has 0 radical (unpaired) electrons. The number of hydrogen-bond acceptors (Lipinski definition) is 4. The number of rotatable bonds is 5. The summed E-state index contributed by atoms with van der Waals surface area (Å²) in [7, 11) is -2.23. The SMILES string of the molecule is CC(=O)c1ccc(S(=O)(=O)N(C)Cc2ccccc2C#N)cc1. The second kappa shape index (κ2) is 6.73. The highest BCUT2D eigenvalue weighted by Gasteiger charge is 2.21. The highest BCUT2D eigenvalue weighted by atomic mass is 32.2. The van der Waals surface area contributed by atoms with Crippen molar-refractivity contribution < 1.29 is 13.2 Å². The smallest absolute Gasteiger partial charge is 0.243 e. The van der Waals surface area contributed by atoms with E-state index in [1.165, 1.54) is 42.5 Å². The molecule has 2 aromatic carbocycles. The summed E-state index contributed by atoms with van der Waals surface area (Å²) >= 11 is 0. The van der Waals surface area contributed by atoms with E-state index in [0.717, 1.165) is 0 Å². The van der Waals surface area contributed by atoms with Gasteiger partial charge in [-0.15, -0.1) is 0 Å². The van der Waals surface area contributed by atoms with E-state index in [4.69, 9.17) is 5.26 Å². The number of hydrogen-bond donors (Lipinski definition) is 0. The van der Waals surface area contributed by atoms with Crippen LogP contribution in [0.2, 0.25) is 0 Å². The van der Waals surface area contributed by atoms with Gasteiger partial charge in [-0.05, 0) is 30.7 Å². The van der Waals surface area contributed by atoms with Crippen LogP contribution in [0.3, 0.4) is 0 Å². The fourth-order valence-electron chi connectivity index (χ4n) is 2.13. The van der Waals surface area contributed by atoms with Crippen molar-refractivity contribution in [1.82, 2.24) is 4.31 Å². The van der Waals surface area contributed by atoms with E-state index in [1.807, 2.05) is 0 Å². The summed E-state index contributed by atoms with van der Waals surface area (Å²) < 4.78 is 26.3. The third-order valence-electron chi connectivity index (χ3n) is 3.50. The zero-order valence-electron chi connectivity index (χ0n) is 12.9. The van der Waals surface area contributed by atoms with Crippen LogP contribution in [-0.2, 0) is 16.6 Å². The summed E-state index contributed by atoms with van der Waals surface area (Å²) in [6.07, 6.45) is 0. The van der Waals surface area contributed by atoms with Gasteiger partial charge in [0.25, 0.3) is 0 Å². The quantitative estimate of drug-likeness (QED) is 0.790. The average molecular weight is 328 g/mol. The Labute approximate surface area is 135 Å². The maximum Gasteiger partial charge on any atom is 0.243 e. The van der Waals surface area contributed by atoms with E-state index in [9.17, 15) is 13.2 Å². The number of ketones is 1. The lowest BCUT2D eigenvalue weighted by Gasteiger charge is -2.18. The number of benzene rings is 2. The summed E-state index contributed by atoms with van der Waals surface area (Å²) in [4.78, 5) is 11.4. The van der Waals surface area contributed by atoms with Gasteiger partial charge in [0.2, 0.25) is 10.0 Å². The summed E-state index contributed by atoms with van der Waals surface area (Å²) in [5.74, 6) is -0.120. The Morgan fingerprint density at radius 1 is 1.13 bits per heavy atom. The van der Waals surface area contributed by atoms with Crippen molar-refractivity contribution in [3.05, 3.63) is 65.2 Å². The molecular formula is C17H16N2O3S. The summed E-state index contributed by atoms with van der Waals surface area (Å²) in [5, 5.41) is 9.08. The number of nitriles is 1. The zero-order valence-corrected chi connectivity index (χ0v) is 13.7. The molecule has 0 aliphatic carbocycles. The van der Waals surface area contributed by atoms with Crippen LogP contribution in [0.4, 0.5) is 0 Å². The molecule has 0 fully saturated rings. The van der Waals surface area contributed by atoms with E-state index in [0.29, 0.717) is 16.7 Å². The first-order chi connectivity index (χ1) is 10.9. The first-order valence-corrected chi connectivity index (χ1v) is 8.35. The van der Waals surface area contributed by atoms with Crippen molar-refractivity contribution in [2.24, 2.45) is 0 Å². The lowest BCUT2D eigenvalue weighted by molar-refractivity contribution is 0.101. The number of sulfonamides is 1. The number of carbonyl (C=O) groups is 1. The van der Waals surface area contributed by atoms with Gasteiger partial charge in [0.05, 0.1) is 16.5 Å². The molecule has 6 heteroatoms. The Morgan fingerprint density at radius 3 is 2.30 bits per heavy atom. The topological polar surface area (TPSA) is 78.2 Å². The van der Waals surface area contributed by atoms with Gasteiger partial charge in [0.15, 0.2) is 5.78 Å². The Bertz CT molecular complexity index is 865. The number of nitrogens with zero attached hydrogens (tertiary/aromatic N) is 2. The Kier molecular flexibility index (Phi) is 4.94. The van der Waals surface area contributed by atoms with Crippen LogP contribution in [-0.4, -0.2) is 25.6 Å². The molecule has 0 heterocycles. The van der Waals surface area contributed by atoms with Crippen LogP contribution in [0.5, 0.6) is 0 Å². The minimum atomic E-state index is -3.69. The van der Waals surface area contributed by atoms with E-state index >= 15 is 0 Å². The molecule has 0 unspecified atom stereocenters. The molecule has 0 atom stereocenters. The van der Waals surface area contributed by atoms with Gasteiger partial charge in [0, 0.05) is 19.2 Å². The summed E-state index contributed by atoms with van der Waals surface area (Å²) in [6.45, 7) is 1.52. The normalized spacial score (nSPS) is 11.2. The molecule has 0 aliphatic rings. The van der Waals surface area contributed by atoms with Crippen LogP contribution in [0.1, 0.15) is 28.4 Å². The average Bonchev–Trinajstić information content (AvgIpc) is 2.55. The third-order valence-corrected chi connectivity index (χ3v) is 5.32. The minimum absolute atomic E-state index is 0.0977. The maximum atomic E-state index is 12.6. The lowest BCUT2D eigenvalue weighted by atomic mass is 10.1. The predicted molar refractivity (Wildman–Crippen MR) is 86.3 cm³/mol. The van der Waals surface area contributed by atoms with Gasteiger partial charge in [-0.3, -0.25) is 4.79 Å². The van der Waals surface area contributed by atoms with E-state index in [1.54, 1.807) is 24.3 Å². The molecule has 2 aromatic rings. The first kappa shape index (κ1) is 16.9. The van der Waals surface area contributed by atoms with Gasteiger partial charge in [-0.1, -0.05) is 30.3 Å². The Hall–Kier alpha value is -2.49. The minimum Gasteiger partial charge on any atom is -0.295 e. The van der Waals surface area contributed by atoms with Gasteiger partial charge in [-0.2, -0.15) is 9.57 Å². The summed E-state index contributed by atoms with van der Waals surface area (Å²) in [6, 6.07) is 14.7. The zero-order chi connectivity index (χ0) is 17.0. The fraction of sp³-hybridized carbons (Fsp3) is 0.176. The standard InChI is InChI=1S/C17H16N2O3S/c1-13(20)14-7-9-17(10-8-14)23(21,22)19(2)12-16-6-4-3-5-15(16)11-18/h3-10H,12H2,1-2H3. The molecule has 0 N–H and O–H groups in total. The molecule has 5 nitrogen and oxygen atoms in total. The van der Waals surface area contributed by atoms with Gasteiger partial charge in [0.1, 0.15) is 0 Å². The lowest BCUT2D eigenvalue weighted by Crippen LogP contribution is -2.26. The fourth-order valence-corrected chi connectivity index (χ4v) is 3.28. The van der Waals surface area contributed by atoms with Crippen molar-refractivity contribution in [2.45, 2.75) is 18.4 Å². The van der Waals surface area contributed by atoms with Crippen LogP contribution in [0.15, 0.2) is 53.4 Å². The first-order valence-electron chi connectivity index (χ1n) is 6.91. The van der Waals surface area contributed by atoms with Crippen molar-refractivity contribution in [3.63, 3.8) is 0 Å². The largest absolute Gasteiger partial charge is 0.295 e. The predicted octanol–water partition coefficient (Wildman–Crippen LogP) is 2.58. The third kappa shape index (κ3) is 3.65. The molecule has 0 amide bonds. The van der Waals surface area contributed by atoms with Crippen LogP contribution in [0, 0.1) is 11.3 Å². The van der Waals surface area contributed by atoms with Crippen molar-refractivity contribution >= 4 is 15.8 Å². The van der Waals surface area contributed by atoms with Crippen LogP contribution in [0.25, 0.3) is 0 Å². The molecule has 0 bridgehead atoms. The number of carbonyl (C=O) groups excluding carboxylic acids is 1. The summed E-state index contributed by atoms with van der Waals surface area (Å²) in [5.41, 5.74) is 1.55. The Morgan fingerprint density at radius 2 is 1.74 bits per heavy atom. The molecule has 0 aliphatic heterocycles.